The van der Waals surface area contributed by atoms with E-state index in [9.17, 15) is 13.2 Å². The summed E-state index contributed by atoms with van der Waals surface area (Å²) in [6.07, 6.45) is 0.140. The van der Waals surface area contributed by atoms with Crippen molar-refractivity contribution in [3.8, 4) is 11.4 Å². The summed E-state index contributed by atoms with van der Waals surface area (Å²) in [6.45, 7) is 1.12. The lowest BCUT2D eigenvalue weighted by Crippen LogP contribution is -2.28. The molecule has 0 aliphatic carbocycles. The van der Waals surface area contributed by atoms with Crippen LogP contribution in [0.5, 0.6) is 0 Å². The van der Waals surface area contributed by atoms with E-state index in [0.29, 0.717) is 18.7 Å². The second kappa shape index (κ2) is 8.79. The Balaban J connectivity index is 1.57. The SMILES string of the molecule is FC(F)(F)c1cc(NC[C@H]2CCCO[C@@H]2c2ccccc2)nc(-c2cccnc2)n1. The lowest BCUT2D eigenvalue weighted by molar-refractivity contribution is -0.141. The van der Waals surface area contributed by atoms with Gasteiger partial charge in [0, 0.05) is 43.1 Å². The van der Waals surface area contributed by atoms with Gasteiger partial charge >= 0.3 is 6.18 Å². The molecule has 1 aromatic carbocycles. The molecule has 156 valence electrons. The molecule has 4 rings (SSSR count). The topological polar surface area (TPSA) is 59.9 Å². The van der Waals surface area contributed by atoms with Crippen molar-refractivity contribution in [1.29, 1.82) is 0 Å². The van der Waals surface area contributed by atoms with E-state index >= 15 is 0 Å². The Hall–Kier alpha value is -3.00. The van der Waals surface area contributed by atoms with Gasteiger partial charge in [-0.25, -0.2) is 9.97 Å². The monoisotopic (exact) mass is 414 g/mol. The van der Waals surface area contributed by atoms with Gasteiger partial charge in [-0.1, -0.05) is 30.3 Å². The second-order valence-corrected chi connectivity index (χ2v) is 7.19. The predicted molar refractivity (Wildman–Crippen MR) is 107 cm³/mol. The first-order valence-electron chi connectivity index (χ1n) is 9.78. The van der Waals surface area contributed by atoms with E-state index in [-0.39, 0.29) is 23.7 Å². The molecule has 0 amide bonds. The third-order valence-electron chi connectivity index (χ3n) is 5.05. The fourth-order valence-electron chi connectivity index (χ4n) is 3.61. The van der Waals surface area contributed by atoms with Gasteiger partial charge in [-0.2, -0.15) is 13.2 Å². The van der Waals surface area contributed by atoms with E-state index in [4.69, 9.17) is 4.74 Å². The van der Waals surface area contributed by atoms with Crippen LogP contribution in [-0.4, -0.2) is 28.1 Å². The highest BCUT2D eigenvalue weighted by Crippen LogP contribution is 2.34. The van der Waals surface area contributed by atoms with Crippen molar-refractivity contribution in [3.05, 3.63) is 72.2 Å². The summed E-state index contributed by atoms with van der Waals surface area (Å²) in [5, 5.41) is 3.09. The quantitative estimate of drug-likeness (QED) is 0.627. The Morgan fingerprint density at radius 3 is 2.63 bits per heavy atom. The number of hydrogen-bond donors (Lipinski definition) is 1. The van der Waals surface area contributed by atoms with Crippen molar-refractivity contribution >= 4 is 5.82 Å². The number of rotatable bonds is 5. The largest absolute Gasteiger partial charge is 0.433 e. The van der Waals surface area contributed by atoms with Crippen LogP contribution in [0.1, 0.15) is 30.2 Å². The highest BCUT2D eigenvalue weighted by Gasteiger charge is 2.34. The molecule has 1 saturated heterocycles. The molecule has 0 radical (unpaired) electrons. The van der Waals surface area contributed by atoms with Gasteiger partial charge in [0.05, 0.1) is 6.10 Å². The molecule has 5 nitrogen and oxygen atoms in total. The van der Waals surface area contributed by atoms with Gasteiger partial charge in [0.2, 0.25) is 0 Å². The molecule has 1 N–H and O–H groups in total. The molecule has 8 heteroatoms. The summed E-state index contributed by atoms with van der Waals surface area (Å²) in [4.78, 5) is 11.9. The molecule has 1 aliphatic heterocycles. The van der Waals surface area contributed by atoms with Crippen LogP contribution in [0.2, 0.25) is 0 Å². The first-order chi connectivity index (χ1) is 14.5. The standard InChI is InChI=1S/C22H21F3N4O/c23-22(24,25)18-12-19(29-21(28-18)17-8-4-10-26-13-17)27-14-16-9-5-11-30-20(16)15-6-2-1-3-7-15/h1-4,6-8,10,12-13,16,20H,5,9,11,14H2,(H,27,28,29)/t16-,20-/m1/s1. The maximum absolute atomic E-state index is 13.4. The van der Waals surface area contributed by atoms with Gasteiger partial charge in [0.1, 0.15) is 5.82 Å². The van der Waals surface area contributed by atoms with E-state index in [2.05, 4.69) is 20.3 Å². The molecule has 2 aromatic heterocycles. The van der Waals surface area contributed by atoms with Crippen LogP contribution in [0.15, 0.2) is 60.9 Å². The number of hydrogen-bond acceptors (Lipinski definition) is 5. The molecule has 3 heterocycles. The van der Waals surface area contributed by atoms with Gasteiger partial charge < -0.3 is 10.1 Å². The van der Waals surface area contributed by atoms with Gasteiger partial charge in [-0.3, -0.25) is 4.98 Å². The number of ether oxygens (including phenoxy) is 1. The number of aromatic nitrogens is 3. The normalized spacial score (nSPS) is 19.4. The minimum absolute atomic E-state index is 0.0140. The van der Waals surface area contributed by atoms with Crippen LogP contribution < -0.4 is 5.32 Å². The van der Waals surface area contributed by atoms with Crippen molar-refractivity contribution < 1.29 is 17.9 Å². The summed E-state index contributed by atoms with van der Waals surface area (Å²) in [6, 6.07) is 14.1. The molecule has 0 spiro atoms. The summed E-state index contributed by atoms with van der Waals surface area (Å²) in [5.41, 5.74) is 0.506. The van der Waals surface area contributed by atoms with Gasteiger partial charge in [-0.15, -0.1) is 0 Å². The molecule has 0 unspecified atom stereocenters. The minimum Gasteiger partial charge on any atom is -0.373 e. The summed E-state index contributed by atoms with van der Waals surface area (Å²) < 4.78 is 46.1. The average molecular weight is 414 g/mol. The highest BCUT2D eigenvalue weighted by atomic mass is 19.4. The summed E-state index contributed by atoms with van der Waals surface area (Å²) in [5.74, 6) is 0.237. The number of nitrogens with zero attached hydrogens (tertiary/aromatic N) is 3. The van der Waals surface area contributed by atoms with Crippen molar-refractivity contribution in [2.24, 2.45) is 5.92 Å². The first-order valence-corrected chi connectivity index (χ1v) is 9.78. The zero-order valence-electron chi connectivity index (χ0n) is 16.1. The minimum atomic E-state index is -4.57. The van der Waals surface area contributed by atoms with E-state index in [0.717, 1.165) is 24.5 Å². The second-order valence-electron chi connectivity index (χ2n) is 7.19. The Labute approximate surface area is 172 Å². The molecule has 1 aliphatic rings. The average Bonchev–Trinajstić information content (AvgIpc) is 2.78. The number of anilines is 1. The third-order valence-corrected chi connectivity index (χ3v) is 5.05. The fraction of sp³-hybridized carbons (Fsp3) is 0.318. The number of nitrogens with one attached hydrogen (secondary N) is 1. The van der Waals surface area contributed by atoms with Gasteiger partial charge in [-0.05, 0) is 30.5 Å². The molecule has 3 aromatic rings. The van der Waals surface area contributed by atoms with Gasteiger partial charge in [0.25, 0.3) is 0 Å². The van der Waals surface area contributed by atoms with Crippen molar-refractivity contribution in [2.45, 2.75) is 25.1 Å². The van der Waals surface area contributed by atoms with Crippen LogP contribution in [0.4, 0.5) is 19.0 Å². The maximum atomic E-state index is 13.4. The molecule has 0 saturated carbocycles. The Bertz CT molecular complexity index is 967. The maximum Gasteiger partial charge on any atom is 0.433 e. The molecule has 30 heavy (non-hydrogen) atoms. The van der Waals surface area contributed by atoms with Crippen molar-refractivity contribution in [1.82, 2.24) is 15.0 Å². The zero-order valence-corrected chi connectivity index (χ0v) is 16.1. The smallest absolute Gasteiger partial charge is 0.373 e. The van der Waals surface area contributed by atoms with Crippen molar-refractivity contribution in [2.75, 3.05) is 18.5 Å². The molecular formula is C22H21F3N4O. The lowest BCUT2D eigenvalue weighted by atomic mass is 9.89. The first kappa shape index (κ1) is 20.3. The van der Waals surface area contributed by atoms with Crippen molar-refractivity contribution in [3.63, 3.8) is 0 Å². The fourth-order valence-corrected chi connectivity index (χ4v) is 3.61. The highest BCUT2D eigenvalue weighted by molar-refractivity contribution is 5.56. The molecule has 2 atom stereocenters. The Kier molecular flexibility index (Phi) is 5.94. The summed E-state index contributed by atoms with van der Waals surface area (Å²) >= 11 is 0. The van der Waals surface area contributed by atoms with Crippen LogP contribution in [0.3, 0.4) is 0 Å². The zero-order chi connectivity index (χ0) is 21.0. The van der Waals surface area contributed by atoms with E-state index in [1.54, 1.807) is 18.3 Å². The van der Waals surface area contributed by atoms with Crippen LogP contribution in [0.25, 0.3) is 11.4 Å². The van der Waals surface area contributed by atoms with Crippen LogP contribution >= 0.6 is 0 Å². The lowest BCUT2D eigenvalue weighted by Gasteiger charge is -2.32. The third kappa shape index (κ3) is 4.76. The van der Waals surface area contributed by atoms with Crippen LogP contribution in [0, 0.1) is 5.92 Å². The molecular weight excluding hydrogens is 393 g/mol. The molecule has 0 bridgehead atoms. The van der Waals surface area contributed by atoms with Crippen LogP contribution in [-0.2, 0) is 10.9 Å². The number of alkyl halides is 3. The van der Waals surface area contributed by atoms with E-state index in [1.807, 2.05) is 30.3 Å². The summed E-state index contributed by atoms with van der Waals surface area (Å²) in [7, 11) is 0. The molecule has 1 fully saturated rings. The number of pyridine rings is 1. The van der Waals surface area contributed by atoms with Gasteiger partial charge in [0.15, 0.2) is 11.5 Å². The Morgan fingerprint density at radius 2 is 1.90 bits per heavy atom. The van der Waals surface area contributed by atoms with E-state index in [1.165, 1.54) is 6.20 Å². The Morgan fingerprint density at radius 1 is 1.07 bits per heavy atom. The van der Waals surface area contributed by atoms with E-state index < -0.39 is 11.9 Å². The predicted octanol–water partition coefficient (Wildman–Crippen LogP) is 5.14. The number of benzene rings is 1. The number of halogens is 3.